The number of pyridine rings is 1. The summed E-state index contributed by atoms with van der Waals surface area (Å²) in [5.74, 6) is -1.59. The minimum absolute atomic E-state index is 0.152. The Morgan fingerprint density at radius 3 is 2.60 bits per heavy atom. The van der Waals surface area contributed by atoms with Crippen molar-refractivity contribution >= 4 is 23.8 Å². The summed E-state index contributed by atoms with van der Waals surface area (Å²) >= 11 is 0. The molecule has 1 aliphatic heterocycles. The van der Waals surface area contributed by atoms with E-state index in [0.29, 0.717) is 11.1 Å². The highest BCUT2D eigenvalue weighted by Gasteiger charge is 2.39. The molecule has 150 valence electrons. The summed E-state index contributed by atoms with van der Waals surface area (Å²) in [6.45, 7) is 0.390. The van der Waals surface area contributed by atoms with Crippen LogP contribution in [0.3, 0.4) is 0 Å². The van der Waals surface area contributed by atoms with Crippen LogP contribution < -0.4 is 9.64 Å². The zero-order valence-corrected chi connectivity index (χ0v) is 15.9. The molecule has 2 aromatic carbocycles. The molecular weight excluding hydrogens is 385 g/mol. The molecule has 0 radical (unpaired) electrons. The van der Waals surface area contributed by atoms with Crippen LogP contribution in [0.15, 0.2) is 77.9 Å². The van der Waals surface area contributed by atoms with Gasteiger partial charge in [0.25, 0.3) is 5.91 Å². The number of halogens is 1. The molecule has 1 aromatic heterocycles. The van der Waals surface area contributed by atoms with Gasteiger partial charge in [0.15, 0.2) is 11.6 Å². The van der Waals surface area contributed by atoms with E-state index in [4.69, 9.17) is 4.74 Å². The average Bonchev–Trinajstić information content (AvgIpc) is 2.77. The zero-order valence-electron chi connectivity index (χ0n) is 15.9. The smallest absolute Gasteiger partial charge is 0.266 e. The third kappa shape index (κ3) is 3.82. The van der Waals surface area contributed by atoms with Crippen LogP contribution in [0.1, 0.15) is 21.8 Å². The SMILES string of the molecule is O=C1c2ccccc2[C@@H](C=NCCOc2ccccc2F)C(=O)N1c1ccccn1. The van der Waals surface area contributed by atoms with Gasteiger partial charge in [0.05, 0.1) is 12.5 Å². The van der Waals surface area contributed by atoms with Crippen LogP contribution in [0.25, 0.3) is 0 Å². The van der Waals surface area contributed by atoms with Gasteiger partial charge in [-0.05, 0) is 35.9 Å². The molecule has 3 aromatic rings. The van der Waals surface area contributed by atoms with Crippen LogP contribution in [0.2, 0.25) is 0 Å². The van der Waals surface area contributed by atoms with Gasteiger partial charge < -0.3 is 4.74 Å². The fourth-order valence-corrected chi connectivity index (χ4v) is 3.25. The van der Waals surface area contributed by atoms with Crippen molar-refractivity contribution < 1.29 is 18.7 Å². The van der Waals surface area contributed by atoms with E-state index >= 15 is 0 Å². The Kier molecular flexibility index (Phi) is 5.61. The quantitative estimate of drug-likeness (QED) is 0.358. The van der Waals surface area contributed by atoms with Crippen molar-refractivity contribution in [2.75, 3.05) is 18.1 Å². The first kappa shape index (κ1) is 19.4. The van der Waals surface area contributed by atoms with Gasteiger partial charge in [-0.1, -0.05) is 36.4 Å². The molecule has 2 heterocycles. The number of nitrogens with zero attached hydrogens (tertiary/aromatic N) is 3. The minimum Gasteiger partial charge on any atom is -0.489 e. The number of rotatable bonds is 6. The first-order chi connectivity index (χ1) is 14.7. The predicted octanol–water partition coefficient (Wildman–Crippen LogP) is 3.64. The van der Waals surface area contributed by atoms with Crippen LogP contribution in [0.4, 0.5) is 10.2 Å². The summed E-state index contributed by atoms with van der Waals surface area (Å²) < 4.78 is 19.0. The standard InChI is InChI=1S/C23H18FN3O3/c24-19-9-3-4-10-20(19)30-14-13-25-15-18-16-7-1-2-8-17(16)22(28)27(23(18)29)21-11-5-6-12-26-21/h1-12,15,18H,13-14H2/t18-/m1/s1. The summed E-state index contributed by atoms with van der Waals surface area (Å²) in [6, 6.07) is 18.1. The number of aromatic nitrogens is 1. The zero-order chi connectivity index (χ0) is 20.9. The third-order valence-corrected chi connectivity index (χ3v) is 4.66. The van der Waals surface area contributed by atoms with Crippen LogP contribution >= 0.6 is 0 Å². The van der Waals surface area contributed by atoms with Gasteiger partial charge in [0.1, 0.15) is 12.4 Å². The fraction of sp³-hybridized carbons (Fsp3) is 0.130. The Bertz CT molecular complexity index is 1100. The number of carbonyl (C=O) groups excluding carboxylic acids is 2. The lowest BCUT2D eigenvalue weighted by Crippen LogP contribution is -2.46. The predicted molar refractivity (Wildman–Crippen MR) is 110 cm³/mol. The summed E-state index contributed by atoms with van der Waals surface area (Å²) in [5, 5.41) is 0. The van der Waals surface area contributed by atoms with E-state index in [2.05, 4.69) is 9.98 Å². The molecule has 0 aliphatic carbocycles. The van der Waals surface area contributed by atoms with Crippen LogP contribution in [0, 0.1) is 5.82 Å². The summed E-state index contributed by atoms with van der Waals surface area (Å²) in [6.07, 6.45) is 3.04. The van der Waals surface area contributed by atoms with Gasteiger partial charge in [-0.3, -0.25) is 14.6 Å². The number of anilines is 1. The highest BCUT2D eigenvalue weighted by molar-refractivity contribution is 6.28. The molecule has 0 N–H and O–H groups in total. The maximum absolute atomic E-state index is 13.6. The van der Waals surface area contributed by atoms with Crippen molar-refractivity contribution in [3.05, 3.63) is 89.9 Å². The number of fused-ring (bicyclic) bond motifs is 1. The van der Waals surface area contributed by atoms with Gasteiger partial charge in [-0.15, -0.1) is 0 Å². The number of imide groups is 1. The Hall–Kier alpha value is -3.87. The summed E-state index contributed by atoms with van der Waals surface area (Å²) in [7, 11) is 0. The van der Waals surface area contributed by atoms with Crippen molar-refractivity contribution in [1.82, 2.24) is 4.98 Å². The molecule has 0 saturated heterocycles. The van der Waals surface area contributed by atoms with Crippen LogP contribution in [0.5, 0.6) is 5.75 Å². The average molecular weight is 403 g/mol. The van der Waals surface area contributed by atoms with Gasteiger partial charge >= 0.3 is 0 Å². The highest BCUT2D eigenvalue weighted by Crippen LogP contribution is 2.30. The number of benzene rings is 2. The molecule has 30 heavy (non-hydrogen) atoms. The van der Waals surface area contributed by atoms with E-state index in [1.165, 1.54) is 24.5 Å². The normalized spacial score (nSPS) is 16.0. The first-order valence-electron chi connectivity index (χ1n) is 9.42. The number of para-hydroxylation sites is 1. The van der Waals surface area contributed by atoms with Gasteiger partial charge in [-0.25, -0.2) is 14.3 Å². The summed E-state index contributed by atoms with van der Waals surface area (Å²) in [4.78, 5) is 35.5. The largest absolute Gasteiger partial charge is 0.489 e. The Morgan fingerprint density at radius 2 is 1.80 bits per heavy atom. The van der Waals surface area contributed by atoms with E-state index in [1.54, 1.807) is 54.6 Å². The van der Waals surface area contributed by atoms with Crippen molar-refractivity contribution in [2.24, 2.45) is 4.99 Å². The lowest BCUT2D eigenvalue weighted by Gasteiger charge is -2.30. The topological polar surface area (TPSA) is 71.9 Å². The third-order valence-electron chi connectivity index (χ3n) is 4.66. The molecule has 0 unspecified atom stereocenters. The lowest BCUT2D eigenvalue weighted by molar-refractivity contribution is -0.118. The number of hydrogen-bond donors (Lipinski definition) is 0. The second kappa shape index (κ2) is 8.65. The molecule has 0 spiro atoms. The molecule has 4 rings (SSSR count). The van der Waals surface area contributed by atoms with Gasteiger partial charge in [0, 0.05) is 18.0 Å². The molecule has 1 atom stereocenters. The highest BCUT2D eigenvalue weighted by atomic mass is 19.1. The number of ether oxygens (including phenoxy) is 1. The molecule has 7 heteroatoms. The van der Waals surface area contributed by atoms with Crippen molar-refractivity contribution in [3.63, 3.8) is 0 Å². The van der Waals surface area contributed by atoms with Gasteiger partial charge in [-0.2, -0.15) is 0 Å². The number of hydrogen-bond acceptors (Lipinski definition) is 5. The Morgan fingerprint density at radius 1 is 1.03 bits per heavy atom. The lowest BCUT2D eigenvalue weighted by atomic mass is 9.89. The number of aliphatic imine (C=N–C) groups is 1. The van der Waals surface area contributed by atoms with Crippen LogP contribution in [-0.2, 0) is 4.79 Å². The molecule has 6 nitrogen and oxygen atoms in total. The Labute approximate surface area is 172 Å². The molecule has 0 bridgehead atoms. The molecule has 0 saturated carbocycles. The van der Waals surface area contributed by atoms with Gasteiger partial charge in [0.2, 0.25) is 5.91 Å². The maximum atomic E-state index is 13.6. The van der Waals surface area contributed by atoms with Crippen molar-refractivity contribution in [2.45, 2.75) is 5.92 Å². The van der Waals surface area contributed by atoms with E-state index in [1.807, 2.05) is 0 Å². The second-order valence-corrected chi connectivity index (χ2v) is 6.57. The second-order valence-electron chi connectivity index (χ2n) is 6.57. The fourth-order valence-electron chi connectivity index (χ4n) is 3.25. The van der Waals surface area contributed by atoms with E-state index in [-0.39, 0.29) is 24.7 Å². The van der Waals surface area contributed by atoms with Crippen LogP contribution in [-0.4, -0.2) is 36.2 Å². The monoisotopic (exact) mass is 403 g/mol. The molecule has 0 fully saturated rings. The maximum Gasteiger partial charge on any atom is 0.266 e. The van der Waals surface area contributed by atoms with E-state index in [9.17, 15) is 14.0 Å². The molecular formula is C23H18FN3O3. The number of carbonyl (C=O) groups is 2. The van der Waals surface area contributed by atoms with E-state index < -0.39 is 23.5 Å². The van der Waals surface area contributed by atoms with Crippen molar-refractivity contribution in [1.29, 1.82) is 0 Å². The number of amides is 2. The first-order valence-corrected chi connectivity index (χ1v) is 9.42. The summed E-state index contributed by atoms with van der Waals surface area (Å²) in [5.41, 5.74) is 1.03. The molecule has 2 amide bonds. The Balaban J connectivity index is 1.53. The van der Waals surface area contributed by atoms with Crippen molar-refractivity contribution in [3.8, 4) is 5.75 Å². The van der Waals surface area contributed by atoms with E-state index in [0.717, 1.165) is 4.90 Å². The minimum atomic E-state index is -0.727. The molecule has 1 aliphatic rings.